The van der Waals surface area contributed by atoms with Crippen LogP contribution in [0.4, 0.5) is 4.79 Å². The molecule has 0 aliphatic rings. The quantitative estimate of drug-likeness (QED) is 0.841. The zero-order chi connectivity index (χ0) is 18.3. The Bertz CT molecular complexity index is 803. The normalized spacial score (nSPS) is 9.88. The zero-order valence-corrected chi connectivity index (χ0v) is 15.5. The zero-order valence-electron chi connectivity index (χ0n) is 14.7. The monoisotopic (exact) mass is 352 g/mol. The first-order valence-corrected chi connectivity index (χ1v) is 8.76. The van der Waals surface area contributed by atoms with Crippen LogP contribution in [0.25, 0.3) is 0 Å². The standard InChI is InChI=1S/C9H12.C7H12N4O3S/c1-7-4-8(2)6-9(3)5-7;1-3-10(4-2)7(12)11-5-8-6(9-11)15(13)14/h4-6H,1-3H3;5,9H,3-4H2,1-2H3. The SMILES string of the molecule is CCN(CC)C(=O)n1cnc(=S(=O)=O)[nH]1.Cc1cc(C)cc(C)c1. The molecule has 0 saturated heterocycles. The van der Waals surface area contributed by atoms with Gasteiger partial charge in [0.2, 0.25) is 0 Å². The smallest absolute Gasteiger partial charge is 0.323 e. The van der Waals surface area contributed by atoms with Crippen LogP contribution in [0, 0.1) is 25.5 Å². The number of hydrogen-bond donors (Lipinski definition) is 1. The van der Waals surface area contributed by atoms with Crippen LogP contribution < -0.4 is 0 Å². The van der Waals surface area contributed by atoms with Crippen molar-refractivity contribution in [1.82, 2.24) is 19.7 Å². The number of carbonyl (C=O) groups excluding carboxylic acids is 1. The van der Waals surface area contributed by atoms with Crippen molar-refractivity contribution in [2.24, 2.45) is 0 Å². The largest absolute Gasteiger partial charge is 0.344 e. The predicted octanol–water partition coefficient (Wildman–Crippen LogP) is 2.54. The molecule has 7 nitrogen and oxygen atoms in total. The third kappa shape index (κ3) is 5.69. The summed E-state index contributed by atoms with van der Waals surface area (Å²) in [5, 5.41) is 2.36. The lowest BCUT2D eigenvalue weighted by Crippen LogP contribution is -2.34. The lowest BCUT2D eigenvalue weighted by atomic mass is 10.1. The van der Waals surface area contributed by atoms with E-state index in [0.29, 0.717) is 13.1 Å². The summed E-state index contributed by atoms with van der Waals surface area (Å²) in [6.45, 7) is 11.2. The highest BCUT2D eigenvalue weighted by Crippen LogP contribution is 2.06. The number of benzene rings is 1. The molecule has 2 rings (SSSR count). The Morgan fingerprint density at radius 1 is 1.08 bits per heavy atom. The van der Waals surface area contributed by atoms with Gasteiger partial charge >= 0.3 is 6.03 Å². The molecule has 0 bridgehead atoms. The van der Waals surface area contributed by atoms with Gasteiger partial charge in [0.25, 0.3) is 15.1 Å². The van der Waals surface area contributed by atoms with E-state index in [2.05, 4.69) is 49.1 Å². The summed E-state index contributed by atoms with van der Waals surface area (Å²) in [4.78, 5) is 16.7. The Labute approximate surface area is 143 Å². The molecule has 0 aliphatic carbocycles. The molecule has 8 heteroatoms. The molecule has 0 fully saturated rings. The lowest BCUT2D eigenvalue weighted by Gasteiger charge is -2.17. The van der Waals surface area contributed by atoms with E-state index in [9.17, 15) is 13.2 Å². The van der Waals surface area contributed by atoms with Crippen molar-refractivity contribution in [1.29, 1.82) is 0 Å². The predicted molar refractivity (Wildman–Crippen MR) is 93.1 cm³/mol. The first-order valence-electron chi connectivity index (χ1n) is 7.68. The van der Waals surface area contributed by atoms with Gasteiger partial charge < -0.3 is 4.90 Å². The third-order valence-electron chi connectivity index (χ3n) is 3.27. The number of aryl methyl sites for hydroxylation is 3. The Balaban J connectivity index is 0.000000272. The minimum atomic E-state index is -2.45. The fraction of sp³-hybridized carbons (Fsp3) is 0.438. The maximum atomic E-state index is 11.7. The van der Waals surface area contributed by atoms with Crippen molar-refractivity contribution < 1.29 is 13.2 Å². The van der Waals surface area contributed by atoms with Gasteiger partial charge in [-0.1, -0.05) is 34.9 Å². The van der Waals surface area contributed by atoms with E-state index in [1.807, 2.05) is 13.8 Å². The Morgan fingerprint density at radius 3 is 1.88 bits per heavy atom. The second-order valence-corrected chi connectivity index (χ2v) is 6.24. The van der Waals surface area contributed by atoms with Crippen LogP contribution in [0.2, 0.25) is 0 Å². The Kier molecular flexibility index (Phi) is 7.44. The maximum Gasteiger partial charge on any atom is 0.344 e. The van der Waals surface area contributed by atoms with Crippen molar-refractivity contribution in [2.45, 2.75) is 34.6 Å². The number of amides is 1. The lowest BCUT2D eigenvalue weighted by molar-refractivity contribution is 0.201. The number of aromatic nitrogens is 3. The van der Waals surface area contributed by atoms with Crippen LogP contribution >= 0.6 is 0 Å². The highest BCUT2D eigenvalue weighted by molar-refractivity contribution is 7.63. The Morgan fingerprint density at radius 2 is 1.54 bits per heavy atom. The summed E-state index contributed by atoms with van der Waals surface area (Å²) < 4.78 is 21.8. The number of carbonyl (C=O) groups is 1. The molecule has 1 N–H and O–H groups in total. The molecule has 0 saturated carbocycles. The van der Waals surface area contributed by atoms with E-state index >= 15 is 0 Å². The van der Waals surface area contributed by atoms with Crippen LogP contribution in [-0.2, 0) is 10.3 Å². The van der Waals surface area contributed by atoms with Gasteiger partial charge in [0.05, 0.1) is 0 Å². The van der Waals surface area contributed by atoms with E-state index in [4.69, 9.17) is 0 Å². The van der Waals surface area contributed by atoms with Gasteiger partial charge in [0.15, 0.2) is 0 Å². The van der Waals surface area contributed by atoms with Gasteiger partial charge in [-0.15, -0.1) is 0 Å². The minimum absolute atomic E-state index is 0.254. The number of hydrogen-bond acceptors (Lipinski definition) is 4. The van der Waals surface area contributed by atoms with E-state index in [1.54, 1.807) is 0 Å². The van der Waals surface area contributed by atoms with Gasteiger partial charge in [0.1, 0.15) is 6.33 Å². The highest BCUT2D eigenvalue weighted by atomic mass is 32.2. The van der Waals surface area contributed by atoms with Crippen molar-refractivity contribution in [3.05, 3.63) is 46.0 Å². The second kappa shape index (κ2) is 9.07. The molecular formula is C16H24N4O3S. The average Bonchev–Trinajstić information content (AvgIpc) is 2.97. The number of H-pyrrole nitrogens is 1. The van der Waals surface area contributed by atoms with Crippen molar-refractivity contribution in [3.63, 3.8) is 0 Å². The van der Waals surface area contributed by atoms with E-state index in [1.165, 1.54) is 21.6 Å². The molecule has 1 amide bonds. The molecule has 24 heavy (non-hydrogen) atoms. The van der Waals surface area contributed by atoms with Crippen LogP contribution in [-0.4, -0.2) is 47.2 Å². The Hall–Kier alpha value is -2.35. The number of nitrogens with zero attached hydrogens (tertiary/aromatic N) is 3. The molecule has 0 radical (unpaired) electrons. The van der Waals surface area contributed by atoms with Crippen LogP contribution in [0.1, 0.15) is 30.5 Å². The fourth-order valence-electron chi connectivity index (χ4n) is 2.30. The van der Waals surface area contributed by atoms with Gasteiger partial charge in [-0.25, -0.2) is 9.78 Å². The summed E-state index contributed by atoms with van der Waals surface area (Å²) in [6.07, 6.45) is 1.14. The van der Waals surface area contributed by atoms with Crippen molar-refractivity contribution in [2.75, 3.05) is 13.1 Å². The summed E-state index contributed by atoms with van der Waals surface area (Å²) in [7, 11) is -2.45. The number of aromatic amines is 1. The molecule has 2 aromatic rings. The summed E-state index contributed by atoms with van der Waals surface area (Å²) in [6, 6.07) is 6.23. The van der Waals surface area contributed by atoms with E-state index in [0.717, 1.165) is 11.0 Å². The summed E-state index contributed by atoms with van der Waals surface area (Å²) in [5.41, 5.74) is 4.06. The molecule has 1 aromatic carbocycles. The molecule has 0 spiro atoms. The van der Waals surface area contributed by atoms with Gasteiger partial charge in [0, 0.05) is 13.1 Å². The van der Waals surface area contributed by atoms with E-state index < -0.39 is 10.3 Å². The van der Waals surface area contributed by atoms with Crippen molar-refractivity contribution >= 4 is 16.3 Å². The molecule has 1 heterocycles. The number of rotatable bonds is 2. The highest BCUT2D eigenvalue weighted by Gasteiger charge is 2.11. The second-order valence-electron chi connectivity index (χ2n) is 5.39. The average molecular weight is 352 g/mol. The van der Waals surface area contributed by atoms with Gasteiger partial charge in [-0.05, 0) is 34.6 Å². The first-order chi connectivity index (χ1) is 11.3. The third-order valence-corrected chi connectivity index (χ3v) is 3.78. The first kappa shape index (κ1) is 19.7. The summed E-state index contributed by atoms with van der Waals surface area (Å²) in [5.74, 6) is 0. The van der Waals surface area contributed by atoms with Crippen LogP contribution in [0.15, 0.2) is 24.5 Å². The molecule has 132 valence electrons. The fourth-order valence-corrected chi connectivity index (χ4v) is 2.60. The summed E-state index contributed by atoms with van der Waals surface area (Å²) >= 11 is 0. The van der Waals surface area contributed by atoms with Crippen LogP contribution in [0.5, 0.6) is 0 Å². The number of nitrogens with one attached hydrogen (secondary N) is 1. The van der Waals surface area contributed by atoms with Crippen LogP contribution in [0.3, 0.4) is 0 Å². The molecule has 0 atom stereocenters. The molecule has 1 aromatic heterocycles. The molecular weight excluding hydrogens is 328 g/mol. The molecule has 0 aliphatic heterocycles. The maximum absolute atomic E-state index is 11.7. The van der Waals surface area contributed by atoms with E-state index in [-0.39, 0.29) is 10.8 Å². The van der Waals surface area contributed by atoms with Crippen molar-refractivity contribution in [3.8, 4) is 0 Å². The van der Waals surface area contributed by atoms with Gasteiger partial charge in [-0.2, -0.15) is 13.1 Å². The topological polar surface area (TPSA) is 88.1 Å². The van der Waals surface area contributed by atoms with Gasteiger partial charge in [-0.3, -0.25) is 5.10 Å². The molecule has 0 unspecified atom stereocenters. The minimum Gasteiger partial charge on any atom is -0.323 e.